The van der Waals surface area contributed by atoms with Crippen LogP contribution in [0, 0.1) is 5.92 Å². The number of rotatable bonds is 7. The van der Waals surface area contributed by atoms with Gasteiger partial charge in [-0.15, -0.1) is 23.5 Å². The quantitative estimate of drug-likeness (QED) is 0.483. The third-order valence-electron chi connectivity index (χ3n) is 2.17. The van der Waals surface area contributed by atoms with Crippen LogP contribution >= 0.6 is 23.5 Å². The number of carbonyl (C=O) groups is 1. The summed E-state index contributed by atoms with van der Waals surface area (Å²) in [6.07, 6.45) is 2.15. The standard InChI is InChI=1S/C10H20OS2/c1-5-10(12-6-2,13-7-3)9(4)8-11/h8-9H,5-7H2,1-4H3. The van der Waals surface area contributed by atoms with Crippen LogP contribution in [0.2, 0.25) is 0 Å². The first-order valence-corrected chi connectivity index (χ1v) is 6.87. The average molecular weight is 220 g/mol. The first-order chi connectivity index (χ1) is 6.16. The second-order valence-corrected chi connectivity index (χ2v) is 6.40. The highest BCUT2D eigenvalue weighted by molar-refractivity contribution is 8.18. The molecule has 13 heavy (non-hydrogen) atoms. The van der Waals surface area contributed by atoms with Gasteiger partial charge in [-0.25, -0.2) is 0 Å². The molecule has 0 aromatic carbocycles. The minimum absolute atomic E-state index is 0.116. The molecule has 78 valence electrons. The summed E-state index contributed by atoms with van der Waals surface area (Å²) in [5.41, 5.74) is 0. The summed E-state index contributed by atoms with van der Waals surface area (Å²) >= 11 is 3.83. The predicted molar refractivity (Wildman–Crippen MR) is 64.5 cm³/mol. The van der Waals surface area contributed by atoms with Crippen molar-refractivity contribution in [1.29, 1.82) is 0 Å². The molecule has 0 amide bonds. The fourth-order valence-electron chi connectivity index (χ4n) is 1.42. The second kappa shape index (κ2) is 6.77. The molecule has 0 aliphatic rings. The maximum Gasteiger partial charge on any atom is 0.125 e. The average Bonchev–Trinajstić information content (AvgIpc) is 2.16. The molecule has 0 radical (unpaired) electrons. The van der Waals surface area contributed by atoms with Gasteiger partial charge in [0.05, 0.1) is 4.08 Å². The Balaban J connectivity index is 4.51. The molecule has 0 aromatic rings. The summed E-state index contributed by atoms with van der Waals surface area (Å²) < 4.78 is 0.116. The predicted octanol–water partition coefficient (Wildman–Crippen LogP) is 3.43. The summed E-state index contributed by atoms with van der Waals surface area (Å²) in [5, 5.41) is 0. The van der Waals surface area contributed by atoms with Gasteiger partial charge in [-0.3, -0.25) is 0 Å². The molecule has 0 saturated heterocycles. The van der Waals surface area contributed by atoms with Gasteiger partial charge in [0.2, 0.25) is 0 Å². The van der Waals surface area contributed by atoms with E-state index in [2.05, 4.69) is 20.8 Å². The van der Waals surface area contributed by atoms with E-state index < -0.39 is 0 Å². The molecule has 0 rings (SSSR count). The number of aldehydes is 1. The maximum absolute atomic E-state index is 10.8. The van der Waals surface area contributed by atoms with E-state index in [0.717, 1.165) is 24.2 Å². The van der Waals surface area contributed by atoms with Gasteiger partial charge in [0.1, 0.15) is 6.29 Å². The molecule has 0 aromatic heterocycles. The summed E-state index contributed by atoms with van der Waals surface area (Å²) in [4.78, 5) is 10.8. The van der Waals surface area contributed by atoms with Gasteiger partial charge in [0.25, 0.3) is 0 Å². The van der Waals surface area contributed by atoms with Gasteiger partial charge >= 0.3 is 0 Å². The molecule has 0 bridgehead atoms. The molecule has 0 fully saturated rings. The Morgan fingerprint density at radius 1 is 1.23 bits per heavy atom. The number of hydrogen-bond acceptors (Lipinski definition) is 3. The minimum Gasteiger partial charge on any atom is -0.303 e. The van der Waals surface area contributed by atoms with Crippen molar-refractivity contribution in [1.82, 2.24) is 0 Å². The van der Waals surface area contributed by atoms with Gasteiger partial charge in [0.15, 0.2) is 0 Å². The molecule has 0 N–H and O–H groups in total. The third-order valence-corrected chi connectivity index (χ3v) is 5.75. The van der Waals surface area contributed by atoms with Crippen molar-refractivity contribution in [3.63, 3.8) is 0 Å². The Morgan fingerprint density at radius 3 is 1.92 bits per heavy atom. The van der Waals surface area contributed by atoms with Crippen molar-refractivity contribution in [2.24, 2.45) is 5.92 Å². The maximum atomic E-state index is 10.8. The van der Waals surface area contributed by atoms with E-state index in [1.807, 2.05) is 30.4 Å². The van der Waals surface area contributed by atoms with E-state index >= 15 is 0 Å². The zero-order chi connectivity index (χ0) is 10.3. The molecular formula is C10H20OS2. The number of thioether (sulfide) groups is 2. The lowest BCUT2D eigenvalue weighted by Crippen LogP contribution is -2.30. The van der Waals surface area contributed by atoms with Crippen LogP contribution in [0.15, 0.2) is 0 Å². The molecule has 1 atom stereocenters. The Bertz CT molecular complexity index is 142. The first kappa shape index (κ1) is 13.4. The number of hydrogen-bond donors (Lipinski definition) is 0. The molecule has 0 spiro atoms. The zero-order valence-electron chi connectivity index (χ0n) is 9.00. The fourth-order valence-corrected chi connectivity index (χ4v) is 4.49. The van der Waals surface area contributed by atoms with Gasteiger partial charge < -0.3 is 4.79 Å². The van der Waals surface area contributed by atoms with E-state index in [4.69, 9.17) is 0 Å². The van der Waals surface area contributed by atoms with Crippen molar-refractivity contribution in [2.75, 3.05) is 11.5 Å². The van der Waals surface area contributed by atoms with Gasteiger partial charge in [0, 0.05) is 5.92 Å². The van der Waals surface area contributed by atoms with E-state index in [0.29, 0.717) is 0 Å². The lowest BCUT2D eigenvalue weighted by molar-refractivity contribution is -0.110. The van der Waals surface area contributed by atoms with Crippen LogP contribution in [0.5, 0.6) is 0 Å². The highest BCUT2D eigenvalue weighted by Gasteiger charge is 2.34. The van der Waals surface area contributed by atoms with E-state index in [9.17, 15) is 4.79 Å². The van der Waals surface area contributed by atoms with Gasteiger partial charge in [-0.2, -0.15) is 0 Å². The van der Waals surface area contributed by atoms with E-state index in [-0.39, 0.29) is 10.00 Å². The van der Waals surface area contributed by atoms with Crippen molar-refractivity contribution >= 4 is 29.8 Å². The van der Waals surface area contributed by atoms with Crippen molar-refractivity contribution in [2.45, 2.75) is 38.2 Å². The summed E-state index contributed by atoms with van der Waals surface area (Å²) in [6, 6.07) is 0. The smallest absolute Gasteiger partial charge is 0.125 e. The topological polar surface area (TPSA) is 17.1 Å². The Labute approximate surface area is 90.4 Å². The largest absolute Gasteiger partial charge is 0.303 e. The van der Waals surface area contributed by atoms with Crippen molar-refractivity contribution in [3.05, 3.63) is 0 Å². The summed E-state index contributed by atoms with van der Waals surface area (Å²) in [5.74, 6) is 2.31. The zero-order valence-corrected chi connectivity index (χ0v) is 10.6. The minimum atomic E-state index is 0.116. The molecule has 1 unspecified atom stereocenters. The number of carbonyl (C=O) groups excluding carboxylic acids is 1. The third kappa shape index (κ3) is 3.55. The monoisotopic (exact) mass is 220 g/mol. The SMILES string of the molecule is CCSC(CC)(SCC)C(C)C=O. The van der Waals surface area contributed by atoms with Crippen LogP contribution < -0.4 is 0 Å². The fraction of sp³-hybridized carbons (Fsp3) is 0.900. The second-order valence-electron chi connectivity index (χ2n) is 2.96. The highest BCUT2D eigenvalue weighted by Crippen LogP contribution is 2.45. The van der Waals surface area contributed by atoms with Crippen molar-refractivity contribution < 1.29 is 4.79 Å². The Hall–Kier alpha value is 0.370. The van der Waals surface area contributed by atoms with Crippen LogP contribution in [0.1, 0.15) is 34.1 Å². The molecule has 1 nitrogen and oxygen atoms in total. The van der Waals surface area contributed by atoms with Crippen LogP contribution in [0.25, 0.3) is 0 Å². The summed E-state index contributed by atoms with van der Waals surface area (Å²) in [7, 11) is 0. The molecule has 0 aliphatic heterocycles. The van der Waals surface area contributed by atoms with Crippen LogP contribution in [0.4, 0.5) is 0 Å². The molecule has 3 heteroatoms. The normalized spacial score (nSPS) is 14.2. The molecular weight excluding hydrogens is 200 g/mol. The van der Waals surface area contributed by atoms with Crippen LogP contribution in [0.3, 0.4) is 0 Å². The molecule has 0 heterocycles. The molecule has 0 saturated carbocycles. The van der Waals surface area contributed by atoms with E-state index in [1.54, 1.807) is 0 Å². The molecule has 0 aliphatic carbocycles. The first-order valence-electron chi connectivity index (χ1n) is 4.90. The lowest BCUT2D eigenvalue weighted by atomic mass is 10.1. The summed E-state index contributed by atoms with van der Waals surface area (Å²) in [6.45, 7) is 8.51. The Morgan fingerprint density at radius 2 is 1.69 bits per heavy atom. The van der Waals surface area contributed by atoms with Crippen molar-refractivity contribution in [3.8, 4) is 0 Å². The lowest BCUT2D eigenvalue weighted by Gasteiger charge is -2.34. The van der Waals surface area contributed by atoms with E-state index in [1.165, 1.54) is 0 Å². The van der Waals surface area contributed by atoms with Crippen LogP contribution in [-0.2, 0) is 4.79 Å². The van der Waals surface area contributed by atoms with Gasteiger partial charge in [-0.1, -0.05) is 27.7 Å². The highest BCUT2D eigenvalue weighted by atomic mass is 32.2. The van der Waals surface area contributed by atoms with Crippen LogP contribution in [-0.4, -0.2) is 21.9 Å². The Kier molecular flexibility index (Phi) is 6.96. The van der Waals surface area contributed by atoms with Gasteiger partial charge in [-0.05, 0) is 17.9 Å².